The summed E-state index contributed by atoms with van der Waals surface area (Å²) in [6.07, 6.45) is 28.3. The Kier molecular flexibility index (Phi) is 21.0. The number of rotatable bonds is 36. The summed E-state index contributed by atoms with van der Waals surface area (Å²) in [5, 5.41) is 13.1. The number of amides is 4. The van der Waals surface area contributed by atoms with Crippen LogP contribution in [0, 0.1) is 0 Å². The molecule has 15 nitrogen and oxygen atoms in total. The van der Waals surface area contributed by atoms with Crippen LogP contribution in [0.25, 0.3) is 146 Å². The van der Waals surface area contributed by atoms with E-state index in [1.54, 1.807) is 53.4 Å². The zero-order valence-corrected chi connectivity index (χ0v) is 69.0. The topological polar surface area (TPSA) is 192 Å². The highest BCUT2D eigenvalue weighted by atomic mass is 16.2. The number of unbranched alkanes of at least 4 members (excludes halogenated alkanes) is 18. The Hall–Kier alpha value is -11.3. The lowest BCUT2D eigenvalue weighted by molar-refractivity contribution is 0.0516. The Bertz CT molecular complexity index is 6670. The van der Waals surface area contributed by atoms with Crippen LogP contribution in [0.5, 0.6) is 0 Å². The maximum Gasteiger partial charge on any atom is 0.266 e. The number of hydrogen-bond donors (Lipinski definition) is 0. The number of benzene rings is 13. The van der Waals surface area contributed by atoms with Gasteiger partial charge in [-0.25, -0.2) is 9.47 Å². The Labute approximate surface area is 684 Å². The third-order valence-electron chi connectivity index (χ3n) is 27.2. The van der Waals surface area contributed by atoms with Crippen LogP contribution in [0.1, 0.15) is 288 Å². The molecule has 0 bridgehead atoms. The van der Waals surface area contributed by atoms with E-state index in [0.29, 0.717) is 135 Å². The Morgan fingerprint density at radius 3 is 0.831 bits per heavy atom. The lowest BCUT2D eigenvalue weighted by Gasteiger charge is -2.35. The van der Waals surface area contributed by atoms with Gasteiger partial charge in [0.2, 0.25) is 0 Å². The third-order valence-corrected chi connectivity index (χ3v) is 27.2. The summed E-state index contributed by atoms with van der Waals surface area (Å²) in [6, 6.07) is 39.4. The van der Waals surface area contributed by atoms with Gasteiger partial charge >= 0.3 is 0 Å². The number of aromatic nitrogens is 3. The molecule has 0 saturated carbocycles. The van der Waals surface area contributed by atoms with Gasteiger partial charge in [-0.3, -0.25) is 62.0 Å². The minimum absolute atomic E-state index is 0.0879. The summed E-state index contributed by atoms with van der Waals surface area (Å²) in [4.78, 5) is 158. The van der Waals surface area contributed by atoms with Gasteiger partial charge in [-0.2, -0.15) is 0 Å². The highest BCUT2D eigenvalue weighted by Gasteiger charge is 2.41. The van der Waals surface area contributed by atoms with Crippen molar-refractivity contribution in [3.05, 3.63) is 218 Å². The average Bonchev–Trinajstić information content (AvgIpc) is 1.17. The fourth-order valence-electron chi connectivity index (χ4n) is 21.3. The molecule has 3 aromatic heterocycles. The van der Waals surface area contributed by atoms with E-state index in [4.69, 9.17) is 0 Å². The number of carbonyl (C=O) groups is 4. The van der Waals surface area contributed by atoms with Crippen LogP contribution in [0.3, 0.4) is 0 Å². The first-order valence-electron chi connectivity index (χ1n) is 44.5. The normalized spacial score (nSPS) is 13.6. The summed E-state index contributed by atoms with van der Waals surface area (Å²) < 4.78 is 4.17. The summed E-state index contributed by atoms with van der Waals surface area (Å²) in [6.45, 7) is 13.0. The molecule has 18 rings (SSSR count). The zero-order valence-electron chi connectivity index (χ0n) is 69.0. The van der Waals surface area contributed by atoms with Gasteiger partial charge in [0, 0.05) is 83.5 Å². The third kappa shape index (κ3) is 12.3. The summed E-state index contributed by atoms with van der Waals surface area (Å²) in [5.74, 6) is -1.49. The molecule has 0 spiro atoms. The molecule has 2 aliphatic heterocycles. The van der Waals surface area contributed by atoms with Crippen molar-refractivity contribution in [2.75, 3.05) is 4.90 Å². The van der Waals surface area contributed by atoms with Crippen molar-refractivity contribution < 1.29 is 19.2 Å². The number of carbonyl (C=O) groups excluding carboxylic acids is 4. The predicted octanol–water partition coefficient (Wildman–Crippen LogP) is 24.0. The van der Waals surface area contributed by atoms with Crippen molar-refractivity contribution in [2.45, 2.75) is 252 Å². The molecule has 600 valence electrons. The van der Waals surface area contributed by atoms with Gasteiger partial charge < -0.3 is 0 Å². The van der Waals surface area contributed by atoms with Gasteiger partial charge in [0.05, 0.1) is 22.1 Å². The van der Waals surface area contributed by atoms with E-state index in [-0.39, 0.29) is 68.3 Å². The molecule has 2 aliphatic rings. The van der Waals surface area contributed by atoms with E-state index < -0.39 is 34.1 Å². The summed E-state index contributed by atoms with van der Waals surface area (Å²) >= 11 is 0. The van der Waals surface area contributed by atoms with Crippen molar-refractivity contribution in [1.82, 2.24) is 18.6 Å². The zero-order chi connectivity index (χ0) is 81.6. The van der Waals surface area contributed by atoms with Crippen molar-refractivity contribution in [2.24, 2.45) is 0 Å². The quantitative estimate of drug-likeness (QED) is 0.0158. The van der Waals surface area contributed by atoms with Crippen molar-refractivity contribution in [3.63, 3.8) is 0 Å². The highest BCUT2D eigenvalue weighted by Crippen LogP contribution is 2.52. The molecule has 4 amide bonds. The Morgan fingerprint density at radius 1 is 0.220 bits per heavy atom. The van der Waals surface area contributed by atoms with Crippen LogP contribution in [0.15, 0.2) is 162 Å². The number of imide groups is 2. The molecule has 13 aromatic carbocycles. The second-order valence-corrected chi connectivity index (χ2v) is 34.4. The van der Waals surface area contributed by atoms with Crippen molar-refractivity contribution >= 4 is 159 Å². The van der Waals surface area contributed by atoms with Gasteiger partial charge in [-0.15, -0.1) is 0 Å². The standard InChI is InChI=1S/C103H103N5O10/c1-7-13-19-25-31-61(32-26-20-14-8-2)104-94(109)72-51-45-66-68-47-53-74-85-75(54-48-69(83(68)85)67-46-52-73(95(104)110)84(72)82(66)67)97(112)107(96(74)111)64-41-37-59(38-42-64)60-39-43-65(44-40-60)108-102(117)92-78-57-80-86-76(98(113)105(100(80)115)62(33-27-21-15-9-3)34-28-22-16-10-4)55-49-70-71-50-56-77-87-81(58-79(93(92)103(108)118)91(89(71)87)90(78)88(70)86)101(116)106(99(77)114)63(35-29-23-17-11-5)36-30-24-18-12-6/h37-58,61-63H,7-36H2,1-6H3. The van der Waals surface area contributed by atoms with Crippen LogP contribution in [-0.4, -0.2) is 48.3 Å². The number of pyridine rings is 2. The van der Waals surface area contributed by atoms with Crippen LogP contribution >= 0.6 is 0 Å². The molecule has 16 aromatic rings. The van der Waals surface area contributed by atoms with E-state index in [9.17, 15) is 9.59 Å². The maximum absolute atomic E-state index is 16.1. The SMILES string of the molecule is CCCCCCC(CCCCCC)N1C(=O)c2ccc3c4ccc5c6c(ccc(c7ccc(c2c37)C1=O)c64)C(=O)N(c1ccc(-c2ccc(-n3c(=O)c4c6cc7c(=O)n(C(CCCCCC)CCCCCC)c(=O)c8ccc9c%10ccc%11c(=O)n(C(CCCCCC)CCCCCC)c(=O)c%12cc(c4c3=O)c(c%10c%11%12)c6c9c87)cc2)cc1)C5=O. The summed E-state index contributed by atoms with van der Waals surface area (Å²) in [7, 11) is 0. The predicted molar refractivity (Wildman–Crippen MR) is 484 cm³/mol. The molecule has 0 fully saturated rings. The Balaban J connectivity index is 0.729. The summed E-state index contributed by atoms with van der Waals surface area (Å²) in [5.41, 5.74) is 1.00. The molecule has 0 saturated heterocycles. The molecule has 0 radical (unpaired) electrons. The smallest absolute Gasteiger partial charge is 0.266 e. The van der Waals surface area contributed by atoms with E-state index in [0.717, 1.165) is 205 Å². The van der Waals surface area contributed by atoms with Crippen LogP contribution < -0.4 is 38.3 Å². The van der Waals surface area contributed by atoms with E-state index in [1.807, 2.05) is 84.9 Å². The van der Waals surface area contributed by atoms with Gasteiger partial charge in [0.1, 0.15) is 0 Å². The molecular formula is C103H103N5O10. The molecule has 15 heteroatoms. The molecular weight excluding hydrogens is 1470 g/mol. The fraction of sp³-hybridized carbons (Fsp3) is 0.379. The van der Waals surface area contributed by atoms with Crippen LogP contribution in [0.2, 0.25) is 0 Å². The number of anilines is 1. The van der Waals surface area contributed by atoms with Gasteiger partial charge in [-0.1, -0.05) is 256 Å². The number of nitrogens with zero attached hydrogens (tertiary/aromatic N) is 5. The fourth-order valence-corrected chi connectivity index (χ4v) is 21.3. The average molecular weight is 1570 g/mol. The van der Waals surface area contributed by atoms with Crippen molar-refractivity contribution in [1.29, 1.82) is 0 Å². The minimum atomic E-state index is -0.616. The van der Waals surface area contributed by atoms with Crippen LogP contribution in [-0.2, 0) is 0 Å². The first kappa shape index (κ1) is 77.9. The largest absolute Gasteiger partial charge is 0.271 e. The minimum Gasteiger partial charge on any atom is -0.271 e. The second kappa shape index (κ2) is 31.9. The van der Waals surface area contributed by atoms with Gasteiger partial charge in [0.15, 0.2) is 0 Å². The molecule has 118 heavy (non-hydrogen) atoms. The second-order valence-electron chi connectivity index (χ2n) is 34.4. The maximum atomic E-state index is 16.1. The lowest BCUT2D eigenvalue weighted by atomic mass is 9.81. The monoisotopic (exact) mass is 1570 g/mol. The van der Waals surface area contributed by atoms with Crippen molar-refractivity contribution in [3.8, 4) is 16.8 Å². The lowest BCUT2D eigenvalue weighted by Crippen LogP contribution is -2.47. The molecule has 5 heterocycles. The van der Waals surface area contributed by atoms with Gasteiger partial charge in [-0.05, 0) is 198 Å². The van der Waals surface area contributed by atoms with E-state index >= 15 is 38.4 Å². The number of fused-ring (bicyclic) bond motifs is 6. The van der Waals surface area contributed by atoms with E-state index in [2.05, 4.69) is 41.5 Å². The molecule has 0 aliphatic carbocycles. The highest BCUT2D eigenvalue weighted by molar-refractivity contribution is 6.49. The first-order valence-corrected chi connectivity index (χ1v) is 44.5. The Morgan fingerprint density at radius 2 is 0.492 bits per heavy atom. The molecule has 0 unspecified atom stereocenters. The van der Waals surface area contributed by atoms with Crippen LogP contribution in [0.4, 0.5) is 5.69 Å². The molecule has 0 N–H and O–H groups in total. The van der Waals surface area contributed by atoms with Gasteiger partial charge in [0.25, 0.3) is 57.0 Å². The first-order chi connectivity index (χ1) is 57.6. The molecule has 0 atom stereocenters. The van der Waals surface area contributed by atoms with E-state index in [1.165, 1.54) is 18.6 Å². The number of hydrogen-bond acceptors (Lipinski definition) is 10.